The van der Waals surface area contributed by atoms with Crippen LogP contribution in [0.1, 0.15) is 23.2 Å². The van der Waals surface area contributed by atoms with Crippen LogP contribution in [0, 0.1) is 13.8 Å². The molecule has 10 rings (SSSR count). The first-order valence-corrected chi connectivity index (χ1v) is 24.1. The normalized spacial score (nSPS) is 17.2. The van der Waals surface area contributed by atoms with Crippen molar-refractivity contribution < 1.29 is 32.7 Å². The number of aromatic nitrogens is 4. The number of pyridine rings is 2. The number of piperazine rings is 3. The third-order valence-electron chi connectivity index (χ3n) is 12.9. The molecule has 4 aliphatic rings. The summed E-state index contributed by atoms with van der Waals surface area (Å²) in [4.78, 5) is 82.1. The van der Waals surface area contributed by atoms with E-state index in [-0.39, 0.29) is 18.1 Å². The predicted molar refractivity (Wildman–Crippen MR) is 267 cm³/mol. The Morgan fingerprint density at radius 3 is 1.66 bits per heavy atom. The van der Waals surface area contributed by atoms with E-state index in [1.165, 1.54) is 5.01 Å². The van der Waals surface area contributed by atoms with Crippen molar-refractivity contribution in [2.75, 3.05) is 133 Å². The van der Waals surface area contributed by atoms with E-state index >= 15 is 0 Å². The molecule has 22 nitrogen and oxygen atoms in total. The number of urea groups is 3. The zero-order valence-corrected chi connectivity index (χ0v) is 40.5. The number of para-hydroxylation sites is 2. The molecule has 374 valence electrons. The van der Waals surface area contributed by atoms with E-state index in [0.29, 0.717) is 129 Å². The minimum Gasteiger partial charge on any atom is -0.439 e. The van der Waals surface area contributed by atoms with Crippen LogP contribution >= 0.6 is 0 Å². The summed E-state index contributed by atoms with van der Waals surface area (Å²) in [6.07, 6.45) is 3.99. The number of amides is 7. The highest BCUT2D eigenvalue weighted by molar-refractivity contribution is 6.04. The van der Waals surface area contributed by atoms with Crippen LogP contribution in [-0.2, 0) is 22.6 Å². The lowest BCUT2D eigenvalue weighted by atomic mass is 10.2. The Kier molecular flexibility index (Phi) is 15.5. The van der Waals surface area contributed by atoms with Gasteiger partial charge in [0.15, 0.2) is 11.2 Å². The third kappa shape index (κ3) is 12.3. The van der Waals surface area contributed by atoms with Crippen molar-refractivity contribution in [2.45, 2.75) is 26.9 Å². The molecule has 4 aromatic heterocycles. The Labute approximate surface area is 411 Å². The molecular weight excluding hydrogens is 911 g/mol. The number of hydrogen-bond acceptors (Lipinski definition) is 15. The summed E-state index contributed by atoms with van der Waals surface area (Å²) < 4.78 is 17.3. The fraction of sp³-hybridized carbons (Fsp3) is 0.429. The van der Waals surface area contributed by atoms with E-state index in [4.69, 9.17) is 18.6 Å². The maximum Gasteiger partial charge on any atom is 0.323 e. The molecule has 7 amide bonds. The van der Waals surface area contributed by atoms with Gasteiger partial charge in [-0.2, -0.15) is 0 Å². The number of morpholine rings is 1. The highest BCUT2D eigenvalue weighted by Gasteiger charge is 2.29. The first-order chi connectivity index (χ1) is 34.5. The van der Waals surface area contributed by atoms with Gasteiger partial charge in [0, 0.05) is 103 Å². The maximum atomic E-state index is 12.8. The number of nitrogens with one attached hydrogen (secondary N) is 3. The van der Waals surface area contributed by atoms with Crippen molar-refractivity contribution in [3.63, 3.8) is 0 Å². The van der Waals surface area contributed by atoms with Crippen molar-refractivity contribution >= 4 is 69.5 Å². The Bertz CT molecular complexity index is 2760. The molecule has 22 heteroatoms. The van der Waals surface area contributed by atoms with E-state index in [0.717, 1.165) is 63.7 Å². The zero-order chi connectivity index (χ0) is 49.3. The number of carbonyl (C=O) groups excluding carboxylic acids is 4. The summed E-state index contributed by atoms with van der Waals surface area (Å²) >= 11 is 0. The van der Waals surface area contributed by atoms with E-state index in [1.54, 1.807) is 24.5 Å². The number of rotatable bonds is 10. The molecule has 0 bridgehead atoms. The molecule has 0 saturated carbocycles. The van der Waals surface area contributed by atoms with Crippen molar-refractivity contribution in [3.8, 4) is 0 Å². The molecule has 0 radical (unpaired) electrons. The minimum atomic E-state index is -0.376. The Morgan fingerprint density at radius 1 is 0.606 bits per heavy atom. The van der Waals surface area contributed by atoms with Crippen LogP contribution in [0.2, 0.25) is 0 Å². The minimum absolute atomic E-state index is 0.0877. The summed E-state index contributed by atoms with van der Waals surface area (Å²) in [6.45, 7) is 16.5. The van der Waals surface area contributed by atoms with E-state index < -0.39 is 0 Å². The first-order valence-electron chi connectivity index (χ1n) is 24.1. The number of oxazole rings is 2. The molecule has 71 heavy (non-hydrogen) atoms. The zero-order valence-electron chi connectivity index (χ0n) is 40.5. The number of carbonyl (C=O) groups is 4. The number of ether oxygens (including phenoxy) is 1. The van der Waals surface area contributed by atoms with E-state index in [2.05, 4.69) is 52.8 Å². The molecule has 4 saturated heterocycles. The molecule has 2 aromatic carbocycles. The quantitative estimate of drug-likeness (QED) is 0.125. The smallest absolute Gasteiger partial charge is 0.323 e. The van der Waals surface area contributed by atoms with Gasteiger partial charge in [-0.25, -0.2) is 29.4 Å². The van der Waals surface area contributed by atoms with Crippen LogP contribution < -0.4 is 21.1 Å². The van der Waals surface area contributed by atoms with Crippen LogP contribution in [-0.4, -0.2) is 191 Å². The summed E-state index contributed by atoms with van der Waals surface area (Å²) in [5, 5.41) is 7.00. The number of nitrogens with zero attached hydrogens (tertiary/aromatic N) is 12. The highest BCUT2D eigenvalue weighted by Crippen LogP contribution is 2.28. The molecule has 6 aromatic rings. The average Bonchev–Trinajstić information content (AvgIpc) is 4.02. The van der Waals surface area contributed by atoms with Gasteiger partial charge in [0.25, 0.3) is 0 Å². The van der Waals surface area contributed by atoms with Gasteiger partial charge in [-0.3, -0.25) is 30.0 Å². The number of likely N-dealkylation sites (N-methyl/N-ethyl adjacent to an activating group) is 1. The predicted octanol–water partition coefficient (Wildman–Crippen LogP) is 4.75. The highest BCUT2D eigenvalue weighted by atomic mass is 16.5. The Hall–Kier alpha value is -7.40. The molecule has 0 aliphatic carbocycles. The lowest BCUT2D eigenvalue weighted by Gasteiger charge is -2.39. The fourth-order valence-corrected chi connectivity index (χ4v) is 8.78. The van der Waals surface area contributed by atoms with Gasteiger partial charge in [-0.1, -0.05) is 12.1 Å². The fourth-order valence-electron chi connectivity index (χ4n) is 8.78. The standard InChI is InChI=1S/C25H32N8O3.C24H29N7O4/c1-18-6-7-19(16-26-18)27-24(34)28-20-4-3-5-21-23(20)29-22(36-21)17-31-10-14-33(15-11-31)25(35)32-12-8-30(2)9-13-32;1-18-5-6-19(15-25-18)27-31(17-32)20-3-2-4-21-23(20)26-22(35-21)16-28-7-9-29(10-8-28)24(33)30-11-13-34-14-12-30/h3-7,16H,8-15,17H2,1-2H3,(H2,27,28,34);2-6,15,17,27H,7-14,16H2,1H3. The van der Waals surface area contributed by atoms with Crippen LogP contribution in [0.25, 0.3) is 22.2 Å². The summed E-state index contributed by atoms with van der Waals surface area (Å²) in [5.74, 6) is 1.16. The van der Waals surface area contributed by atoms with E-state index in [1.807, 2.05) is 82.0 Å². The lowest BCUT2D eigenvalue weighted by Crippen LogP contribution is -2.56. The summed E-state index contributed by atoms with van der Waals surface area (Å²) in [7, 11) is 2.09. The molecule has 4 aliphatic heterocycles. The molecular formula is C49H61N15O7. The molecule has 0 spiro atoms. The molecule has 3 N–H and O–H groups in total. The number of hydrogen-bond donors (Lipinski definition) is 3. The maximum absolute atomic E-state index is 12.8. The second-order valence-corrected chi connectivity index (χ2v) is 18.0. The Morgan fingerprint density at radius 2 is 1.11 bits per heavy atom. The van der Waals surface area contributed by atoms with Gasteiger partial charge in [0.2, 0.25) is 18.2 Å². The van der Waals surface area contributed by atoms with Crippen LogP contribution in [0.5, 0.6) is 0 Å². The number of aryl methyl sites for hydroxylation is 2. The molecule has 8 heterocycles. The van der Waals surface area contributed by atoms with Crippen LogP contribution in [0.15, 0.2) is 81.9 Å². The van der Waals surface area contributed by atoms with Gasteiger partial charge in [-0.15, -0.1) is 0 Å². The largest absolute Gasteiger partial charge is 0.439 e. The second kappa shape index (κ2) is 22.6. The monoisotopic (exact) mass is 971 g/mol. The third-order valence-corrected chi connectivity index (χ3v) is 12.9. The van der Waals surface area contributed by atoms with E-state index in [9.17, 15) is 19.2 Å². The number of hydrazine groups is 1. The lowest BCUT2D eigenvalue weighted by molar-refractivity contribution is -0.107. The van der Waals surface area contributed by atoms with Crippen molar-refractivity contribution in [1.29, 1.82) is 0 Å². The molecule has 0 atom stereocenters. The Balaban J connectivity index is 0.000000176. The first kappa shape index (κ1) is 48.6. The number of fused-ring (bicyclic) bond motifs is 2. The summed E-state index contributed by atoms with van der Waals surface area (Å²) in [5.41, 5.74) is 9.71. The second-order valence-electron chi connectivity index (χ2n) is 18.0. The summed E-state index contributed by atoms with van der Waals surface area (Å²) in [6, 6.07) is 18.2. The van der Waals surface area contributed by atoms with Crippen molar-refractivity contribution in [3.05, 3.63) is 96.2 Å². The van der Waals surface area contributed by atoms with Gasteiger partial charge in [0.1, 0.15) is 11.0 Å². The van der Waals surface area contributed by atoms with Gasteiger partial charge >= 0.3 is 18.1 Å². The SMILES string of the molecule is Cc1ccc(NC(=O)Nc2cccc3oc(CN4CCN(C(=O)N5CCN(C)CC5)CC4)nc23)cn1.Cc1ccc(NN(C=O)c2cccc3oc(CN4CCN(C(=O)N5CCOCC5)CC4)nc23)cn1. The topological polar surface area (TPSA) is 217 Å². The molecule has 0 unspecified atom stereocenters. The van der Waals surface area contributed by atoms with Gasteiger partial charge in [0.05, 0.1) is 61.4 Å². The number of anilines is 4. The average molecular weight is 972 g/mol. The van der Waals surface area contributed by atoms with Crippen molar-refractivity contribution in [1.82, 2.24) is 54.2 Å². The van der Waals surface area contributed by atoms with Crippen LogP contribution in [0.3, 0.4) is 0 Å². The van der Waals surface area contributed by atoms with Crippen LogP contribution in [0.4, 0.5) is 37.1 Å². The molecule has 4 fully saturated rings. The van der Waals surface area contributed by atoms with Gasteiger partial charge in [-0.05, 0) is 69.4 Å². The number of benzene rings is 2. The van der Waals surface area contributed by atoms with Gasteiger partial charge < -0.3 is 48.7 Å². The van der Waals surface area contributed by atoms with Crippen molar-refractivity contribution in [2.24, 2.45) is 0 Å².